The maximum absolute atomic E-state index is 9.47. The van der Waals surface area contributed by atoms with Gasteiger partial charge in [-0.3, -0.25) is 0 Å². The summed E-state index contributed by atoms with van der Waals surface area (Å²) in [5, 5.41) is 0. The monoisotopic (exact) mass is 1110 g/mol. The van der Waals surface area contributed by atoms with Crippen molar-refractivity contribution in [3.8, 4) is 11.1 Å². The summed E-state index contributed by atoms with van der Waals surface area (Å²) in [5.74, 6) is 0. The number of hydrogen-bond acceptors (Lipinski definition) is 3. The third kappa shape index (κ3) is 8.78. The van der Waals surface area contributed by atoms with Crippen LogP contribution in [0.3, 0.4) is 0 Å². The highest BCUT2D eigenvalue weighted by molar-refractivity contribution is 7.00. The zero-order valence-corrected chi connectivity index (χ0v) is 54.1. The molecular formula is C80H92BN3. The molecule has 0 spiro atoms. The van der Waals surface area contributed by atoms with Crippen LogP contribution < -0.4 is 31.1 Å². The van der Waals surface area contributed by atoms with E-state index in [9.17, 15) is 4.11 Å². The Bertz CT molecular complexity index is 4080. The summed E-state index contributed by atoms with van der Waals surface area (Å²) in [6.45, 7) is 42.1. The smallest absolute Gasteiger partial charge is 0.252 e. The van der Waals surface area contributed by atoms with Gasteiger partial charge in [-0.15, -0.1) is 0 Å². The molecule has 4 heteroatoms. The van der Waals surface area contributed by atoms with Crippen LogP contribution >= 0.6 is 0 Å². The summed E-state index contributed by atoms with van der Waals surface area (Å²) in [6, 6.07) is 56.2. The molecule has 0 amide bonds. The number of anilines is 9. The fraction of sp³-hybridized carbons (Fsp3) is 0.400. The highest BCUT2D eigenvalue weighted by Gasteiger charge is 2.48. The van der Waals surface area contributed by atoms with Gasteiger partial charge in [0.15, 0.2) is 0 Å². The Morgan fingerprint density at radius 2 is 0.798 bits per heavy atom. The lowest BCUT2D eigenvalue weighted by Crippen LogP contribution is -2.62. The second kappa shape index (κ2) is 18.4. The molecule has 3 nitrogen and oxygen atoms in total. The molecule has 0 atom stereocenters. The Hall–Kier alpha value is -6.78. The molecular weight excluding hydrogens is 1010 g/mol. The van der Waals surface area contributed by atoms with Gasteiger partial charge in [-0.05, 0) is 232 Å². The first-order chi connectivity index (χ1) is 40.4. The van der Waals surface area contributed by atoms with Gasteiger partial charge >= 0.3 is 0 Å². The van der Waals surface area contributed by atoms with Crippen LogP contribution in [0.15, 0.2) is 146 Å². The number of benzene rings is 8. The molecule has 13 rings (SSSR count). The van der Waals surface area contributed by atoms with Gasteiger partial charge in [0.25, 0.3) is 6.71 Å². The topological polar surface area (TPSA) is 9.72 Å². The third-order valence-corrected chi connectivity index (χ3v) is 21.1. The standard InChI is InChI=1S/C80H92BN3/c1-49-41-70-72-71(42-49)84(56-31-35-60-63(45-56)77(13,14)38-37-76(60,11)12)69-48-65-64(78(15,16)39-40-79(65,17)18)47-67(69)81(72)66-36-32-57(82(53-26-21-50(22-27-53)73(2,3)4)54-28-23-51(24-29-54)74(5,6)7)46-68(66)83(70)55-30-34-59-58-33-25-52(75(8,9)10)43-61(58)80(19,20)62(59)44-55/h21-36,41-48H,37-40H2,1-20H3/i1D3. The largest absolute Gasteiger partial charge is 0.311 e. The molecule has 2 heterocycles. The summed E-state index contributed by atoms with van der Waals surface area (Å²) in [7, 11) is 0. The molecule has 3 aliphatic carbocycles. The molecule has 8 aromatic rings. The number of aryl methyl sites for hydroxylation is 1. The van der Waals surface area contributed by atoms with Gasteiger partial charge < -0.3 is 14.7 Å². The minimum absolute atomic E-state index is 0.00945. The van der Waals surface area contributed by atoms with Crippen LogP contribution in [0.2, 0.25) is 0 Å². The molecule has 0 fully saturated rings. The Labute approximate surface area is 510 Å². The fourth-order valence-electron chi connectivity index (χ4n) is 15.5. The van der Waals surface area contributed by atoms with E-state index in [2.05, 4.69) is 280 Å². The normalized spacial score (nSPS) is 18.9. The van der Waals surface area contributed by atoms with Crippen LogP contribution in [0, 0.1) is 6.85 Å². The van der Waals surface area contributed by atoms with Crippen LogP contribution in [0.4, 0.5) is 51.2 Å². The molecule has 84 heavy (non-hydrogen) atoms. The van der Waals surface area contributed by atoms with Gasteiger partial charge in [-0.25, -0.2) is 0 Å². The average molecular weight is 1110 g/mol. The second-order valence-electron chi connectivity index (χ2n) is 32.3. The summed E-state index contributed by atoms with van der Waals surface area (Å²) >= 11 is 0. The van der Waals surface area contributed by atoms with E-state index in [4.69, 9.17) is 0 Å². The summed E-state index contributed by atoms with van der Waals surface area (Å²) < 4.78 is 28.4. The van der Waals surface area contributed by atoms with Crippen molar-refractivity contribution in [3.05, 3.63) is 201 Å². The molecule has 0 N–H and O–H groups in total. The first-order valence-corrected chi connectivity index (χ1v) is 31.4. The van der Waals surface area contributed by atoms with Gasteiger partial charge in [0.2, 0.25) is 0 Å². The lowest BCUT2D eigenvalue weighted by molar-refractivity contribution is 0.332. The van der Waals surface area contributed by atoms with Crippen LogP contribution in [-0.2, 0) is 43.3 Å². The van der Waals surface area contributed by atoms with Crippen molar-refractivity contribution < 1.29 is 4.11 Å². The minimum Gasteiger partial charge on any atom is -0.311 e. The van der Waals surface area contributed by atoms with Crippen LogP contribution in [0.1, 0.15) is 217 Å². The number of fused-ring (bicyclic) bond motifs is 9. The second-order valence-corrected chi connectivity index (χ2v) is 32.3. The molecule has 5 aliphatic rings. The van der Waals surface area contributed by atoms with Crippen molar-refractivity contribution in [2.24, 2.45) is 0 Å². The van der Waals surface area contributed by atoms with E-state index in [1.165, 1.54) is 72.1 Å². The van der Waals surface area contributed by atoms with Crippen molar-refractivity contribution in [2.75, 3.05) is 14.7 Å². The quantitative estimate of drug-likeness (QED) is 0.159. The van der Waals surface area contributed by atoms with Crippen LogP contribution in [0.5, 0.6) is 0 Å². The third-order valence-electron chi connectivity index (χ3n) is 21.1. The van der Waals surface area contributed by atoms with Crippen LogP contribution in [-0.4, -0.2) is 6.71 Å². The Kier molecular flexibility index (Phi) is 11.5. The molecule has 0 saturated heterocycles. The van der Waals surface area contributed by atoms with E-state index in [0.29, 0.717) is 5.56 Å². The average Bonchev–Trinajstić information content (AvgIpc) is 0.827. The predicted octanol–water partition coefficient (Wildman–Crippen LogP) is 20.4. The molecule has 430 valence electrons. The zero-order valence-electron chi connectivity index (χ0n) is 57.1. The van der Waals surface area contributed by atoms with Gasteiger partial charge in [-0.2, -0.15) is 0 Å². The summed E-state index contributed by atoms with van der Waals surface area (Å²) in [6.07, 6.45) is 4.38. The van der Waals surface area contributed by atoms with E-state index < -0.39 is 6.85 Å². The van der Waals surface area contributed by atoms with Crippen molar-refractivity contribution in [2.45, 2.75) is 207 Å². The summed E-state index contributed by atoms with van der Waals surface area (Å²) in [4.78, 5) is 7.37. The van der Waals surface area contributed by atoms with Crippen LogP contribution in [0.25, 0.3) is 11.1 Å². The van der Waals surface area contributed by atoms with Crippen molar-refractivity contribution in [3.63, 3.8) is 0 Å². The first-order valence-electron chi connectivity index (χ1n) is 32.9. The van der Waals surface area contributed by atoms with E-state index in [1.54, 1.807) is 0 Å². The number of rotatable bonds is 5. The zero-order chi connectivity index (χ0) is 62.5. The molecule has 0 radical (unpaired) electrons. The van der Waals surface area contributed by atoms with Gasteiger partial charge in [0.1, 0.15) is 0 Å². The fourth-order valence-corrected chi connectivity index (χ4v) is 15.5. The van der Waals surface area contributed by atoms with Gasteiger partial charge in [-0.1, -0.05) is 198 Å². The molecule has 0 aromatic heterocycles. The Morgan fingerprint density at radius 3 is 1.31 bits per heavy atom. The Balaban J connectivity index is 1.13. The minimum atomic E-state index is -2.42. The van der Waals surface area contributed by atoms with E-state index in [-0.39, 0.29) is 50.0 Å². The van der Waals surface area contributed by atoms with E-state index >= 15 is 0 Å². The van der Waals surface area contributed by atoms with Gasteiger partial charge in [0.05, 0.1) is 0 Å². The first kappa shape index (κ1) is 52.8. The molecule has 8 aromatic carbocycles. The lowest BCUT2D eigenvalue weighted by atomic mass is 9.33. The van der Waals surface area contributed by atoms with Crippen molar-refractivity contribution in [1.82, 2.24) is 0 Å². The van der Waals surface area contributed by atoms with Crippen molar-refractivity contribution in [1.29, 1.82) is 0 Å². The van der Waals surface area contributed by atoms with E-state index in [1.807, 2.05) is 12.1 Å². The number of nitrogens with zero attached hydrogens (tertiary/aromatic N) is 3. The highest BCUT2D eigenvalue weighted by atomic mass is 15.2. The van der Waals surface area contributed by atoms with Gasteiger partial charge in [0, 0.05) is 60.7 Å². The van der Waals surface area contributed by atoms with E-state index in [0.717, 1.165) is 82.3 Å². The lowest BCUT2D eigenvalue weighted by Gasteiger charge is -2.48. The van der Waals surface area contributed by atoms with Crippen molar-refractivity contribution >= 4 is 74.3 Å². The molecule has 2 aliphatic heterocycles. The summed E-state index contributed by atoms with van der Waals surface area (Å²) in [5.41, 5.74) is 27.2. The molecule has 0 saturated carbocycles. The predicted molar refractivity (Wildman–Crippen MR) is 364 cm³/mol. The highest BCUT2D eigenvalue weighted by Crippen LogP contribution is 2.56. The Morgan fingerprint density at radius 1 is 0.381 bits per heavy atom. The maximum atomic E-state index is 9.47. The molecule has 0 unspecified atom stereocenters. The SMILES string of the molecule is [2H]C([2H])([2H])c1cc2c3c(c1)N(c1ccc4c(c1)C(C)(C)CCC4(C)C)c1cc4c(cc1B3c1ccc(N(c3ccc(C(C)(C)C)cc3)c3ccc(C(C)(C)C)cc3)cc1N2c1ccc2c(c1)C(C)(C)c1cc(C(C)(C)C)ccc1-2)C(C)(C)CCC4(C)C. The maximum Gasteiger partial charge on any atom is 0.252 e. The number of hydrogen-bond donors (Lipinski definition) is 0. The molecule has 0 bridgehead atoms.